The van der Waals surface area contributed by atoms with Crippen LogP contribution in [0, 0.1) is 0 Å². The van der Waals surface area contributed by atoms with Crippen molar-refractivity contribution in [3.63, 3.8) is 0 Å². The van der Waals surface area contributed by atoms with E-state index in [9.17, 15) is 9.59 Å². The number of esters is 2. The lowest BCUT2D eigenvalue weighted by atomic mass is 10.1. The lowest BCUT2D eigenvalue weighted by molar-refractivity contribution is -0.187. The Balaban J connectivity index is 4.51. The molecule has 0 bridgehead atoms. The van der Waals surface area contributed by atoms with Crippen LogP contribution in [-0.4, -0.2) is 56.8 Å². The predicted molar refractivity (Wildman–Crippen MR) is 46.5 cm³/mol. The molecule has 0 aliphatic carbocycles. The summed E-state index contributed by atoms with van der Waals surface area (Å²) in [6, 6.07) is 0. The van der Waals surface area contributed by atoms with Crippen molar-refractivity contribution in [3.05, 3.63) is 0 Å². The summed E-state index contributed by atoms with van der Waals surface area (Å²) in [6.45, 7) is 0.0211. The molecule has 15 heavy (non-hydrogen) atoms. The van der Waals surface area contributed by atoms with Gasteiger partial charge in [-0.2, -0.15) is 0 Å². The van der Waals surface area contributed by atoms with Gasteiger partial charge in [0.1, 0.15) is 0 Å². The predicted octanol–water partition coefficient (Wildman–Crippen LogP) is -2.46. The Morgan fingerprint density at radius 2 is 1.27 bits per heavy atom. The van der Waals surface area contributed by atoms with Gasteiger partial charge in [-0.05, 0) is 13.8 Å². The van der Waals surface area contributed by atoms with Gasteiger partial charge in [-0.15, -0.1) is 0 Å². The molecule has 0 saturated heterocycles. The van der Waals surface area contributed by atoms with E-state index in [4.69, 9.17) is 20.4 Å². The highest BCUT2D eigenvalue weighted by atomic mass is 16.6. The molecule has 2 atom stereocenters. The number of rotatable bonds is 4. The highest BCUT2D eigenvalue weighted by Gasteiger charge is 2.38. The number of ether oxygens (including phenoxy) is 1. The number of aliphatic hydroxyl groups excluding tert-OH is 2. The maximum atomic E-state index is 11.0. The van der Waals surface area contributed by atoms with Gasteiger partial charge < -0.3 is 25.2 Å². The molecule has 0 radical (unpaired) electrons. The quantitative estimate of drug-likeness (QED) is 0.307. The number of carbonyl (C=O) groups is 2. The molecule has 0 saturated carbocycles. The van der Waals surface area contributed by atoms with E-state index >= 15 is 0 Å². The summed E-state index contributed by atoms with van der Waals surface area (Å²) in [7, 11) is 0. The third-order valence-corrected chi connectivity index (χ3v) is 1.68. The normalized spacial score (nSPS) is 18.8. The lowest BCUT2D eigenvalue weighted by Crippen LogP contribution is -2.47. The molecule has 0 spiro atoms. The molecule has 0 aromatic heterocycles. The first-order valence-electron chi connectivity index (χ1n) is 4.10. The van der Waals surface area contributed by atoms with Gasteiger partial charge in [0.05, 0.1) is 13.2 Å². The van der Waals surface area contributed by atoms with Gasteiger partial charge in [-0.25, -0.2) is 9.59 Å². The minimum absolute atomic E-state index is 0.930. The molecule has 0 amide bonds. The smallest absolute Gasteiger partial charge is 0.347 e. The Kier molecular flexibility index (Phi) is 4.35. The van der Waals surface area contributed by atoms with E-state index in [2.05, 4.69) is 4.74 Å². The fraction of sp³-hybridized carbons (Fsp3) is 0.750. The number of hydrogen-bond acceptors (Lipinski definition) is 7. The number of aliphatic hydroxyl groups is 4. The molecule has 4 N–H and O–H groups in total. The lowest BCUT2D eigenvalue weighted by Gasteiger charge is -2.21. The summed E-state index contributed by atoms with van der Waals surface area (Å²) < 4.78 is 4.06. The molecule has 2 unspecified atom stereocenters. The fourth-order valence-electron chi connectivity index (χ4n) is 0.433. The van der Waals surface area contributed by atoms with Crippen LogP contribution in [0.15, 0.2) is 0 Å². The molecule has 0 aromatic carbocycles. The molecule has 88 valence electrons. The van der Waals surface area contributed by atoms with Gasteiger partial charge in [0.25, 0.3) is 0 Å². The van der Waals surface area contributed by atoms with E-state index in [1.807, 2.05) is 0 Å². The van der Waals surface area contributed by atoms with Gasteiger partial charge in [-0.3, -0.25) is 0 Å². The third kappa shape index (κ3) is 3.56. The summed E-state index contributed by atoms with van der Waals surface area (Å²) >= 11 is 0. The third-order valence-electron chi connectivity index (χ3n) is 1.68. The average Bonchev–Trinajstić information content (AvgIpc) is 2.17. The average molecular weight is 222 g/mol. The monoisotopic (exact) mass is 222 g/mol. The SMILES string of the molecule is CC(O)(CO)C(=O)OC(=O)C(C)(O)CO. The number of carbonyl (C=O) groups excluding carboxylic acids is 2. The van der Waals surface area contributed by atoms with Crippen LogP contribution in [-0.2, 0) is 14.3 Å². The Morgan fingerprint density at radius 3 is 1.47 bits per heavy atom. The maximum Gasteiger partial charge on any atom is 0.347 e. The molecule has 0 aliphatic heterocycles. The van der Waals surface area contributed by atoms with Crippen molar-refractivity contribution in [2.45, 2.75) is 25.0 Å². The molecule has 0 aliphatic rings. The van der Waals surface area contributed by atoms with E-state index < -0.39 is 36.4 Å². The van der Waals surface area contributed by atoms with E-state index in [0.717, 1.165) is 13.8 Å². The van der Waals surface area contributed by atoms with Gasteiger partial charge in [-0.1, -0.05) is 0 Å². The first-order chi connectivity index (χ1) is 6.67. The summed E-state index contributed by atoms with van der Waals surface area (Å²) in [4.78, 5) is 22.0. The molecule has 0 heterocycles. The first kappa shape index (κ1) is 14.0. The van der Waals surface area contributed by atoms with E-state index in [0.29, 0.717) is 0 Å². The summed E-state index contributed by atoms with van der Waals surface area (Å²) in [5.74, 6) is -2.80. The molecule has 7 heteroatoms. The maximum absolute atomic E-state index is 11.0. The zero-order chi connectivity index (χ0) is 12.3. The van der Waals surface area contributed by atoms with Gasteiger partial charge in [0.15, 0.2) is 11.2 Å². The minimum atomic E-state index is -2.22. The zero-order valence-electron chi connectivity index (χ0n) is 8.43. The van der Waals surface area contributed by atoms with Crippen LogP contribution >= 0.6 is 0 Å². The topological polar surface area (TPSA) is 124 Å². The second-order valence-corrected chi connectivity index (χ2v) is 3.54. The van der Waals surface area contributed by atoms with Crippen LogP contribution in [0.5, 0.6) is 0 Å². The molecule has 0 fully saturated rings. The van der Waals surface area contributed by atoms with Crippen LogP contribution in [0.3, 0.4) is 0 Å². The van der Waals surface area contributed by atoms with E-state index in [-0.39, 0.29) is 0 Å². The van der Waals surface area contributed by atoms with Crippen LogP contribution in [0.2, 0.25) is 0 Å². The van der Waals surface area contributed by atoms with Crippen LogP contribution in [0.1, 0.15) is 13.8 Å². The zero-order valence-corrected chi connectivity index (χ0v) is 8.43. The van der Waals surface area contributed by atoms with Crippen molar-refractivity contribution in [2.75, 3.05) is 13.2 Å². The summed E-state index contributed by atoms with van der Waals surface area (Å²) in [5.41, 5.74) is -4.44. The highest BCUT2D eigenvalue weighted by Crippen LogP contribution is 2.10. The molecule has 0 rings (SSSR count). The van der Waals surface area contributed by atoms with Crippen molar-refractivity contribution >= 4 is 11.9 Å². The second-order valence-electron chi connectivity index (χ2n) is 3.54. The first-order valence-corrected chi connectivity index (χ1v) is 4.10. The molecular weight excluding hydrogens is 208 g/mol. The van der Waals surface area contributed by atoms with Crippen molar-refractivity contribution < 1.29 is 34.8 Å². The Morgan fingerprint density at radius 1 is 1.00 bits per heavy atom. The van der Waals surface area contributed by atoms with Crippen molar-refractivity contribution in [2.24, 2.45) is 0 Å². The van der Waals surface area contributed by atoms with Gasteiger partial charge in [0, 0.05) is 0 Å². The van der Waals surface area contributed by atoms with Crippen LogP contribution in [0.4, 0.5) is 0 Å². The summed E-state index contributed by atoms with van der Waals surface area (Å²) in [6.07, 6.45) is 0. The van der Waals surface area contributed by atoms with Crippen LogP contribution < -0.4 is 0 Å². The molecular formula is C8H14O7. The largest absolute Gasteiger partial charge is 0.393 e. The Bertz CT molecular complexity index is 230. The van der Waals surface area contributed by atoms with Crippen molar-refractivity contribution in [3.8, 4) is 0 Å². The minimum Gasteiger partial charge on any atom is -0.393 e. The fourth-order valence-corrected chi connectivity index (χ4v) is 0.433. The number of hydrogen-bond donors (Lipinski definition) is 4. The molecule has 0 aromatic rings. The van der Waals surface area contributed by atoms with E-state index in [1.165, 1.54) is 0 Å². The standard InChI is InChI=1S/C8H14O7/c1-7(13,3-9)5(11)15-6(12)8(2,14)4-10/h9-10,13-14H,3-4H2,1-2H3. The van der Waals surface area contributed by atoms with Gasteiger partial charge in [0.2, 0.25) is 0 Å². The van der Waals surface area contributed by atoms with Crippen molar-refractivity contribution in [1.82, 2.24) is 0 Å². The Hall–Kier alpha value is -1.02. The molecule has 7 nitrogen and oxygen atoms in total. The Labute approximate surface area is 85.9 Å². The highest BCUT2D eigenvalue weighted by molar-refractivity contribution is 5.93. The summed E-state index contributed by atoms with van der Waals surface area (Å²) in [5, 5.41) is 35.4. The second kappa shape index (κ2) is 4.67. The van der Waals surface area contributed by atoms with E-state index in [1.54, 1.807) is 0 Å². The van der Waals surface area contributed by atoms with Crippen molar-refractivity contribution in [1.29, 1.82) is 0 Å². The van der Waals surface area contributed by atoms with Gasteiger partial charge >= 0.3 is 11.9 Å². The van der Waals surface area contributed by atoms with Crippen LogP contribution in [0.25, 0.3) is 0 Å².